The van der Waals surface area contributed by atoms with Crippen LogP contribution in [0.15, 0.2) is 24.5 Å². The molecule has 0 N–H and O–H groups in total. The summed E-state index contributed by atoms with van der Waals surface area (Å²) in [5, 5.41) is 4.27. The molecule has 2 saturated heterocycles. The van der Waals surface area contributed by atoms with Gasteiger partial charge in [0.1, 0.15) is 5.60 Å². The first kappa shape index (κ1) is 18.2. The number of hydrogen-bond donors (Lipinski definition) is 0. The minimum atomic E-state index is -0.650. The summed E-state index contributed by atoms with van der Waals surface area (Å²) in [5.74, 6) is -0.898. The number of fused-ring (bicyclic) bond motifs is 1. The van der Waals surface area contributed by atoms with Crippen molar-refractivity contribution in [2.75, 3.05) is 13.6 Å². The van der Waals surface area contributed by atoms with Crippen molar-refractivity contribution in [3.63, 3.8) is 0 Å². The molecular weight excluding hydrogens is 344 g/mol. The van der Waals surface area contributed by atoms with Crippen LogP contribution in [0.3, 0.4) is 0 Å². The van der Waals surface area contributed by atoms with Gasteiger partial charge in [-0.05, 0) is 27.7 Å². The third-order valence-corrected chi connectivity index (χ3v) is 6.00. The highest BCUT2D eigenvalue weighted by Crippen LogP contribution is 2.53. The number of aryl methyl sites for hydroxylation is 1. The van der Waals surface area contributed by atoms with Gasteiger partial charge in [-0.2, -0.15) is 5.10 Å². The first-order valence-electron chi connectivity index (χ1n) is 9.61. The molecule has 3 aliphatic rings. The van der Waals surface area contributed by atoms with Gasteiger partial charge in [-0.25, -0.2) is 0 Å². The maximum absolute atomic E-state index is 13.3. The van der Waals surface area contributed by atoms with Crippen molar-refractivity contribution in [3.05, 3.63) is 30.1 Å². The number of likely N-dealkylation sites (tertiary alicyclic amines) is 1. The summed E-state index contributed by atoms with van der Waals surface area (Å²) in [5.41, 5.74) is 0.0410. The van der Waals surface area contributed by atoms with Gasteiger partial charge < -0.3 is 14.5 Å². The molecular formula is C20H28N4O3. The van der Waals surface area contributed by atoms with E-state index in [1.807, 2.05) is 55.6 Å². The summed E-state index contributed by atoms with van der Waals surface area (Å²) in [4.78, 5) is 30.0. The molecule has 7 nitrogen and oxygen atoms in total. The zero-order valence-corrected chi connectivity index (χ0v) is 16.7. The number of amides is 2. The number of carbonyl (C=O) groups excluding carboxylic acids is 2. The van der Waals surface area contributed by atoms with Gasteiger partial charge in [-0.3, -0.25) is 14.3 Å². The van der Waals surface area contributed by atoms with Gasteiger partial charge in [0.25, 0.3) is 0 Å². The molecule has 1 aromatic heterocycles. The van der Waals surface area contributed by atoms with E-state index in [4.69, 9.17) is 4.74 Å². The molecule has 2 amide bonds. The molecule has 0 aliphatic carbocycles. The number of ether oxygens (including phenoxy) is 1. The Hall–Kier alpha value is -2.15. The van der Waals surface area contributed by atoms with Crippen LogP contribution in [0, 0.1) is 11.8 Å². The molecule has 0 saturated carbocycles. The van der Waals surface area contributed by atoms with E-state index >= 15 is 0 Å². The largest absolute Gasteiger partial charge is 0.360 e. The second kappa shape index (κ2) is 5.92. The molecule has 3 aliphatic heterocycles. The number of carbonyl (C=O) groups is 2. The Bertz CT molecular complexity index is 808. The van der Waals surface area contributed by atoms with Crippen LogP contribution in [0.5, 0.6) is 0 Å². The van der Waals surface area contributed by atoms with Crippen LogP contribution in [0.25, 0.3) is 0 Å². The SMILES string of the molecule is CCn1cc(CN(C)C(=O)C2C3C(=O)N(C(C)(C)C)C[C@]34C=C[C@H]2O4)cn1. The predicted molar refractivity (Wildman–Crippen MR) is 99.6 cm³/mol. The van der Waals surface area contributed by atoms with Gasteiger partial charge >= 0.3 is 0 Å². The highest BCUT2D eigenvalue weighted by Gasteiger charge is 2.68. The van der Waals surface area contributed by atoms with E-state index in [-0.39, 0.29) is 23.5 Å². The molecule has 2 unspecified atom stereocenters. The van der Waals surface area contributed by atoms with Crippen molar-refractivity contribution in [1.29, 1.82) is 0 Å². The zero-order valence-electron chi connectivity index (χ0n) is 16.7. The lowest BCUT2D eigenvalue weighted by molar-refractivity contribution is -0.144. The van der Waals surface area contributed by atoms with Gasteiger partial charge in [-0.1, -0.05) is 12.2 Å². The van der Waals surface area contributed by atoms with E-state index in [0.717, 1.165) is 12.1 Å². The molecule has 7 heteroatoms. The van der Waals surface area contributed by atoms with Gasteiger partial charge in [-0.15, -0.1) is 0 Å². The molecule has 1 aromatic rings. The molecule has 0 aromatic carbocycles. The summed E-state index contributed by atoms with van der Waals surface area (Å²) in [7, 11) is 1.79. The maximum atomic E-state index is 13.3. The summed E-state index contributed by atoms with van der Waals surface area (Å²) in [6, 6.07) is 0. The molecule has 146 valence electrons. The monoisotopic (exact) mass is 372 g/mol. The van der Waals surface area contributed by atoms with E-state index in [1.54, 1.807) is 18.1 Å². The first-order valence-corrected chi connectivity index (χ1v) is 9.61. The fraction of sp³-hybridized carbons (Fsp3) is 0.650. The van der Waals surface area contributed by atoms with Gasteiger partial charge in [0.15, 0.2) is 0 Å². The molecule has 4 atom stereocenters. The third kappa shape index (κ3) is 2.71. The van der Waals surface area contributed by atoms with E-state index in [1.165, 1.54) is 0 Å². The lowest BCUT2D eigenvalue weighted by Gasteiger charge is -2.34. The molecule has 4 heterocycles. The van der Waals surface area contributed by atoms with Crippen LogP contribution in [0.2, 0.25) is 0 Å². The van der Waals surface area contributed by atoms with Crippen molar-refractivity contribution in [1.82, 2.24) is 19.6 Å². The van der Waals surface area contributed by atoms with Crippen LogP contribution in [0.4, 0.5) is 0 Å². The van der Waals surface area contributed by atoms with Crippen LogP contribution >= 0.6 is 0 Å². The molecule has 4 rings (SSSR count). The average Bonchev–Trinajstić information content (AvgIpc) is 3.34. The van der Waals surface area contributed by atoms with Crippen LogP contribution in [0.1, 0.15) is 33.3 Å². The van der Waals surface area contributed by atoms with Crippen LogP contribution in [-0.4, -0.2) is 62.2 Å². The predicted octanol–water partition coefficient (Wildman–Crippen LogP) is 1.44. The quantitative estimate of drug-likeness (QED) is 0.750. The standard InChI is InChI=1S/C20H28N4O3/c1-6-23-11-13(9-21-23)10-22(5)17(25)15-14-7-8-20(27-14)12-24(19(2,3)4)18(26)16(15)20/h7-9,11,14-16H,6,10,12H2,1-5H3/t14-,15?,16?,20-/m1/s1. The number of aromatic nitrogens is 2. The number of rotatable bonds is 4. The normalized spacial score (nSPS) is 31.7. The highest BCUT2D eigenvalue weighted by molar-refractivity contribution is 5.93. The second-order valence-electron chi connectivity index (χ2n) is 8.89. The molecule has 27 heavy (non-hydrogen) atoms. The smallest absolute Gasteiger partial charge is 0.230 e. The van der Waals surface area contributed by atoms with E-state index in [2.05, 4.69) is 5.10 Å². The Morgan fingerprint density at radius 1 is 1.44 bits per heavy atom. The summed E-state index contributed by atoms with van der Waals surface area (Å²) in [6.07, 6.45) is 7.38. The average molecular weight is 372 g/mol. The van der Waals surface area contributed by atoms with Gasteiger partial charge in [0.05, 0.1) is 30.7 Å². The summed E-state index contributed by atoms with van der Waals surface area (Å²) < 4.78 is 8.04. The minimum Gasteiger partial charge on any atom is -0.360 e. The van der Waals surface area contributed by atoms with Gasteiger partial charge in [0.2, 0.25) is 11.8 Å². The summed E-state index contributed by atoms with van der Waals surface area (Å²) in [6.45, 7) is 9.87. The second-order valence-corrected chi connectivity index (χ2v) is 8.89. The zero-order chi connectivity index (χ0) is 19.6. The van der Waals surface area contributed by atoms with Crippen molar-refractivity contribution in [3.8, 4) is 0 Å². The minimum absolute atomic E-state index is 0.0277. The van der Waals surface area contributed by atoms with Crippen LogP contribution in [-0.2, 0) is 27.4 Å². The van der Waals surface area contributed by atoms with Crippen molar-refractivity contribution in [2.24, 2.45) is 11.8 Å². The van der Waals surface area contributed by atoms with Gasteiger partial charge in [0, 0.05) is 37.4 Å². The number of hydrogen-bond acceptors (Lipinski definition) is 4. The lowest BCUT2D eigenvalue weighted by atomic mass is 9.76. The molecule has 2 bridgehead atoms. The summed E-state index contributed by atoms with van der Waals surface area (Å²) >= 11 is 0. The fourth-order valence-corrected chi connectivity index (χ4v) is 4.62. The topological polar surface area (TPSA) is 67.7 Å². The van der Waals surface area contributed by atoms with Crippen LogP contribution < -0.4 is 0 Å². The Morgan fingerprint density at radius 3 is 2.81 bits per heavy atom. The Balaban J connectivity index is 1.56. The van der Waals surface area contributed by atoms with Crippen molar-refractivity contribution < 1.29 is 14.3 Å². The first-order chi connectivity index (χ1) is 12.7. The fourth-order valence-electron chi connectivity index (χ4n) is 4.62. The molecule has 0 radical (unpaired) electrons. The Labute approximate surface area is 159 Å². The molecule has 2 fully saturated rings. The number of nitrogens with zero attached hydrogens (tertiary/aromatic N) is 4. The third-order valence-electron chi connectivity index (χ3n) is 6.00. The molecule has 1 spiro atoms. The Morgan fingerprint density at radius 2 is 2.19 bits per heavy atom. The van der Waals surface area contributed by atoms with Crippen molar-refractivity contribution >= 4 is 11.8 Å². The Kier molecular flexibility index (Phi) is 4.00. The van der Waals surface area contributed by atoms with E-state index in [0.29, 0.717) is 13.1 Å². The lowest BCUT2D eigenvalue weighted by Crippen LogP contribution is -2.47. The highest BCUT2D eigenvalue weighted by atomic mass is 16.5. The van der Waals surface area contributed by atoms with E-state index < -0.39 is 17.4 Å². The maximum Gasteiger partial charge on any atom is 0.230 e. The van der Waals surface area contributed by atoms with E-state index in [9.17, 15) is 9.59 Å². The van der Waals surface area contributed by atoms with Crippen molar-refractivity contribution in [2.45, 2.75) is 58.0 Å².